The first-order chi connectivity index (χ1) is 7.30. The molecule has 0 aliphatic carbocycles. The fourth-order valence-corrected chi connectivity index (χ4v) is 1.06. The van der Waals surface area contributed by atoms with E-state index in [9.17, 15) is 18.0 Å². The third kappa shape index (κ3) is 3.08. The Bertz CT molecular complexity index is 421. The molecule has 86 valence electrons. The average Bonchev–Trinajstić information content (AvgIpc) is 2.15. The number of allylic oxidation sites excluding steroid dienone is 1. The van der Waals surface area contributed by atoms with Gasteiger partial charge in [0.25, 0.3) is 0 Å². The summed E-state index contributed by atoms with van der Waals surface area (Å²) in [5, 5.41) is 8.45. The van der Waals surface area contributed by atoms with Crippen LogP contribution in [0, 0.1) is 0 Å². The first-order valence-electron chi connectivity index (χ1n) is 4.25. The van der Waals surface area contributed by atoms with Crippen molar-refractivity contribution in [1.29, 1.82) is 0 Å². The highest BCUT2D eigenvalue weighted by Crippen LogP contribution is 2.27. The van der Waals surface area contributed by atoms with Gasteiger partial charge in [-0.3, -0.25) is 4.98 Å². The molecule has 1 rings (SSSR count). The van der Waals surface area contributed by atoms with Crippen molar-refractivity contribution >= 4 is 11.5 Å². The molecule has 0 fully saturated rings. The molecule has 0 saturated carbocycles. The van der Waals surface area contributed by atoms with Crippen LogP contribution < -0.4 is 0 Å². The Balaban J connectivity index is 3.00. The molecule has 16 heavy (non-hydrogen) atoms. The minimum atomic E-state index is -4.48. The zero-order valence-electron chi connectivity index (χ0n) is 8.25. The van der Waals surface area contributed by atoms with Crippen LogP contribution in [0.1, 0.15) is 18.2 Å². The summed E-state index contributed by atoms with van der Waals surface area (Å²) in [6.07, 6.45) is -2.58. The van der Waals surface area contributed by atoms with Crippen molar-refractivity contribution in [2.45, 2.75) is 13.1 Å². The standard InChI is InChI=1S/C10H8F3NO2/c1-6(4-9(15)16)7-2-3-8(14-5-7)10(11,12)13/h2-5H,1H3,(H,15,16)/b6-4+. The van der Waals surface area contributed by atoms with Crippen LogP contribution >= 0.6 is 0 Å². The number of nitrogens with zero attached hydrogens (tertiary/aromatic N) is 1. The van der Waals surface area contributed by atoms with E-state index in [0.29, 0.717) is 11.1 Å². The lowest BCUT2D eigenvalue weighted by Gasteiger charge is -2.06. The normalized spacial score (nSPS) is 12.6. The number of carboxylic acid groups (broad SMARTS) is 1. The smallest absolute Gasteiger partial charge is 0.433 e. The molecule has 0 unspecified atom stereocenters. The highest BCUT2D eigenvalue weighted by Gasteiger charge is 2.31. The van der Waals surface area contributed by atoms with Crippen LogP contribution in [0.4, 0.5) is 13.2 Å². The SMILES string of the molecule is C/C(=C\C(=O)O)c1ccc(C(F)(F)F)nc1. The van der Waals surface area contributed by atoms with Gasteiger partial charge in [0.1, 0.15) is 5.69 Å². The number of alkyl halides is 3. The summed E-state index contributed by atoms with van der Waals surface area (Å²) in [5.41, 5.74) is -0.316. The number of hydrogen-bond donors (Lipinski definition) is 1. The topological polar surface area (TPSA) is 50.2 Å². The highest BCUT2D eigenvalue weighted by molar-refractivity contribution is 5.89. The lowest BCUT2D eigenvalue weighted by Crippen LogP contribution is -2.07. The van der Waals surface area contributed by atoms with Gasteiger partial charge in [-0.05, 0) is 24.1 Å². The van der Waals surface area contributed by atoms with Crippen LogP contribution in [0.15, 0.2) is 24.4 Å². The molecule has 6 heteroatoms. The molecule has 0 saturated heterocycles. The van der Waals surface area contributed by atoms with Gasteiger partial charge in [0, 0.05) is 12.3 Å². The molecule has 0 aliphatic rings. The summed E-state index contributed by atoms with van der Waals surface area (Å²) in [7, 11) is 0. The molecule has 1 N–H and O–H groups in total. The van der Waals surface area contributed by atoms with Crippen molar-refractivity contribution < 1.29 is 23.1 Å². The molecule has 0 aromatic carbocycles. The largest absolute Gasteiger partial charge is 0.478 e. The van der Waals surface area contributed by atoms with Crippen molar-refractivity contribution in [2.75, 3.05) is 0 Å². The van der Waals surface area contributed by atoms with Crippen molar-refractivity contribution in [3.63, 3.8) is 0 Å². The summed E-state index contributed by atoms with van der Waals surface area (Å²) < 4.78 is 36.5. The minimum Gasteiger partial charge on any atom is -0.478 e. The van der Waals surface area contributed by atoms with E-state index in [0.717, 1.165) is 18.3 Å². The molecule has 3 nitrogen and oxygen atoms in total. The fourth-order valence-electron chi connectivity index (χ4n) is 1.06. The van der Waals surface area contributed by atoms with Crippen LogP contribution in [-0.4, -0.2) is 16.1 Å². The van der Waals surface area contributed by atoms with Crippen molar-refractivity contribution in [1.82, 2.24) is 4.98 Å². The Kier molecular flexibility index (Phi) is 3.31. The number of aromatic nitrogens is 1. The Morgan fingerprint density at radius 2 is 2.06 bits per heavy atom. The van der Waals surface area contributed by atoms with Gasteiger partial charge < -0.3 is 5.11 Å². The molecular formula is C10H8F3NO2. The van der Waals surface area contributed by atoms with Gasteiger partial charge in [-0.2, -0.15) is 13.2 Å². The Hall–Kier alpha value is -1.85. The summed E-state index contributed by atoms with van der Waals surface area (Å²) in [6.45, 7) is 1.48. The van der Waals surface area contributed by atoms with Crippen LogP contribution in [0.25, 0.3) is 5.57 Å². The fraction of sp³-hybridized carbons (Fsp3) is 0.200. The van der Waals surface area contributed by atoms with Gasteiger partial charge in [-0.15, -0.1) is 0 Å². The lowest BCUT2D eigenvalue weighted by molar-refractivity contribution is -0.141. The zero-order chi connectivity index (χ0) is 12.3. The van der Waals surface area contributed by atoms with E-state index in [1.54, 1.807) is 0 Å². The Morgan fingerprint density at radius 3 is 2.44 bits per heavy atom. The van der Waals surface area contributed by atoms with Crippen molar-refractivity contribution in [2.24, 2.45) is 0 Å². The number of pyridine rings is 1. The minimum absolute atomic E-state index is 0.341. The van der Waals surface area contributed by atoms with Crippen LogP contribution in [0.3, 0.4) is 0 Å². The summed E-state index contributed by atoms with van der Waals surface area (Å²) in [5.74, 6) is -1.16. The molecule has 0 aliphatic heterocycles. The molecule has 0 bridgehead atoms. The van der Waals surface area contributed by atoms with Gasteiger partial charge in [0.2, 0.25) is 0 Å². The first kappa shape index (κ1) is 12.2. The summed E-state index contributed by atoms with van der Waals surface area (Å²) in [6, 6.07) is 2.00. The zero-order valence-corrected chi connectivity index (χ0v) is 8.25. The molecule has 1 heterocycles. The summed E-state index contributed by atoms with van der Waals surface area (Å²) >= 11 is 0. The maximum absolute atomic E-state index is 12.2. The molecular weight excluding hydrogens is 223 g/mol. The monoisotopic (exact) mass is 231 g/mol. The predicted octanol–water partition coefficient (Wildman–Crippen LogP) is 2.59. The van der Waals surface area contributed by atoms with Crippen LogP contribution in [-0.2, 0) is 11.0 Å². The first-order valence-corrected chi connectivity index (χ1v) is 4.25. The number of rotatable bonds is 2. The molecule has 1 aromatic heterocycles. The van der Waals surface area contributed by atoms with Crippen LogP contribution in [0.5, 0.6) is 0 Å². The molecule has 1 aromatic rings. The number of hydrogen-bond acceptors (Lipinski definition) is 2. The molecule has 0 atom stereocenters. The van der Waals surface area contributed by atoms with Crippen molar-refractivity contribution in [3.8, 4) is 0 Å². The van der Waals surface area contributed by atoms with E-state index in [1.165, 1.54) is 13.0 Å². The maximum atomic E-state index is 12.2. The van der Waals surface area contributed by atoms with Gasteiger partial charge in [-0.1, -0.05) is 6.07 Å². The second kappa shape index (κ2) is 4.34. The van der Waals surface area contributed by atoms with E-state index in [2.05, 4.69) is 4.98 Å². The number of halogens is 3. The number of aliphatic carboxylic acids is 1. The number of carboxylic acids is 1. The third-order valence-corrected chi connectivity index (χ3v) is 1.85. The van der Waals surface area contributed by atoms with Gasteiger partial charge in [-0.25, -0.2) is 4.79 Å². The van der Waals surface area contributed by atoms with E-state index < -0.39 is 17.8 Å². The lowest BCUT2D eigenvalue weighted by atomic mass is 10.1. The Labute approximate surface area is 89.2 Å². The second-order valence-electron chi connectivity index (χ2n) is 3.10. The molecule has 0 spiro atoms. The van der Waals surface area contributed by atoms with Crippen LogP contribution in [0.2, 0.25) is 0 Å². The average molecular weight is 231 g/mol. The Morgan fingerprint density at radius 1 is 1.44 bits per heavy atom. The van der Waals surface area contributed by atoms with Gasteiger partial charge >= 0.3 is 12.1 Å². The quantitative estimate of drug-likeness (QED) is 0.796. The maximum Gasteiger partial charge on any atom is 0.433 e. The van der Waals surface area contributed by atoms with E-state index in [-0.39, 0.29) is 0 Å². The van der Waals surface area contributed by atoms with E-state index in [4.69, 9.17) is 5.11 Å². The third-order valence-electron chi connectivity index (χ3n) is 1.85. The van der Waals surface area contributed by atoms with Gasteiger partial charge in [0.05, 0.1) is 0 Å². The van der Waals surface area contributed by atoms with E-state index >= 15 is 0 Å². The summed E-state index contributed by atoms with van der Waals surface area (Å²) in [4.78, 5) is 13.6. The predicted molar refractivity (Wildman–Crippen MR) is 50.5 cm³/mol. The molecule has 0 amide bonds. The van der Waals surface area contributed by atoms with Gasteiger partial charge in [0.15, 0.2) is 0 Å². The highest BCUT2D eigenvalue weighted by atomic mass is 19.4. The van der Waals surface area contributed by atoms with Crippen molar-refractivity contribution in [3.05, 3.63) is 35.7 Å². The number of carbonyl (C=O) groups is 1. The van der Waals surface area contributed by atoms with E-state index in [1.807, 2.05) is 0 Å². The molecule has 0 radical (unpaired) electrons. The second-order valence-corrected chi connectivity index (χ2v) is 3.10.